The average Bonchev–Trinajstić information content (AvgIpc) is 3.02. The number of aliphatic hydroxyl groups excluding tert-OH is 1. The van der Waals surface area contributed by atoms with Crippen molar-refractivity contribution in [3.8, 4) is 11.5 Å². The van der Waals surface area contributed by atoms with Crippen LogP contribution < -0.4 is 13.8 Å². The molecule has 4 rings (SSSR count). The molecule has 30 heavy (non-hydrogen) atoms. The minimum atomic E-state index is -4.26. The number of carbonyl (C=O) groups is 1. The maximum atomic E-state index is 13.5. The van der Waals surface area contributed by atoms with E-state index >= 15 is 0 Å². The minimum absolute atomic E-state index is 0.0103. The van der Waals surface area contributed by atoms with E-state index in [0.29, 0.717) is 5.75 Å². The molecule has 1 unspecified atom stereocenters. The van der Waals surface area contributed by atoms with Crippen molar-refractivity contribution in [3.05, 3.63) is 53.7 Å². The zero-order chi connectivity index (χ0) is 21.8. The molecular weight excluding hydrogens is 434 g/mol. The molecule has 0 spiro atoms. The Balaban J connectivity index is 1.94. The quantitative estimate of drug-likeness (QED) is 0.547. The number of hydrogen-bond donors (Lipinski definition) is 1. The maximum absolute atomic E-state index is 13.5. The second-order valence-electron chi connectivity index (χ2n) is 7.61. The number of nitrogens with zero attached hydrogens (tertiary/aromatic N) is 1. The first kappa shape index (κ1) is 20.4. The Kier molecular flexibility index (Phi) is 4.63. The van der Waals surface area contributed by atoms with Crippen molar-refractivity contribution in [2.45, 2.75) is 37.0 Å². The fraction of sp³-hybridized carbons (Fsp3) is 0.250. The Hall–Kier alpha value is -2.91. The van der Waals surface area contributed by atoms with Crippen molar-refractivity contribution in [2.75, 3.05) is 4.31 Å². The van der Waals surface area contributed by atoms with Crippen LogP contribution in [0.25, 0.3) is 5.76 Å². The highest BCUT2D eigenvalue weighted by Crippen LogP contribution is 2.44. The summed E-state index contributed by atoms with van der Waals surface area (Å²) in [5, 5.41) is 10.9. The molecule has 0 radical (unpaired) electrons. The molecule has 158 valence electrons. The highest BCUT2D eigenvalue weighted by Gasteiger charge is 2.43. The zero-order valence-corrected chi connectivity index (χ0v) is 17.8. The van der Waals surface area contributed by atoms with Gasteiger partial charge in [0.05, 0.1) is 10.6 Å². The average molecular weight is 452 g/mol. The normalized spacial score (nSPS) is 19.5. The highest BCUT2D eigenvalue weighted by atomic mass is 35.5. The molecule has 0 saturated heterocycles. The third-order valence-electron chi connectivity index (χ3n) is 4.28. The molecule has 0 fully saturated rings. The number of sulfonamides is 1. The lowest BCUT2D eigenvalue weighted by Crippen LogP contribution is -2.40. The first-order chi connectivity index (χ1) is 14.0. The van der Waals surface area contributed by atoms with Gasteiger partial charge in [-0.1, -0.05) is 12.1 Å². The van der Waals surface area contributed by atoms with Gasteiger partial charge < -0.3 is 19.3 Å². The van der Waals surface area contributed by atoms with E-state index in [1.807, 2.05) is 0 Å². The number of benzene rings is 2. The fourth-order valence-corrected chi connectivity index (χ4v) is 5.01. The predicted octanol–water partition coefficient (Wildman–Crippen LogP) is 3.76. The van der Waals surface area contributed by atoms with Gasteiger partial charge >= 0.3 is 11.7 Å². The van der Waals surface area contributed by atoms with Gasteiger partial charge in [-0.25, -0.2) is 17.5 Å². The molecule has 2 aromatic carbocycles. The molecule has 0 amide bonds. The number of aliphatic hydroxyl groups is 1. The molecule has 0 aromatic heterocycles. The number of ether oxygens (including phenoxy) is 3. The molecule has 1 N–H and O–H groups in total. The van der Waals surface area contributed by atoms with Crippen molar-refractivity contribution in [3.63, 3.8) is 0 Å². The number of alkyl halides is 1. The molecule has 10 heteroatoms. The van der Waals surface area contributed by atoms with E-state index in [1.165, 1.54) is 36.4 Å². The molecule has 2 aliphatic rings. The Morgan fingerprint density at radius 2 is 1.80 bits per heavy atom. The Morgan fingerprint density at radius 3 is 2.50 bits per heavy atom. The molecule has 2 aliphatic heterocycles. The zero-order valence-electron chi connectivity index (χ0n) is 16.2. The number of rotatable bonds is 2. The fourth-order valence-electron chi connectivity index (χ4n) is 3.14. The van der Waals surface area contributed by atoms with Gasteiger partial charge in [0.1, 0.15) is 5.60 Å². The Morgan fingerprint density at radius 1 is 1.13 bits per heavy atom. The van der Waals surface area contributed by atoms with Gasteiger partial charge in [0.25, 0.3) is 10.0 Å². The minimum Gasteiger partial charge on any atom is -0.505 e. The van der Waals surface area contributed by atoms with Gasteiger partial charge in [-0.2, -0.15) is 0 Å². The third kappa shape index (κ3) is 3.33. The van der Waals surface area contributed by atoms with Crippen LogP contribution in [0.2, 0.25) is 0 Å². The van der Waals surface area contributed by atoms with Gasteiger partial charge in [0, 0.05) is 11.6 Å². The topological polar surface area (TPSA) is 102 Å². The summed E-state index contributed by atoms with van der Waals surface area (Å²) in [5.74, 6) is -2.04. The van der Waals surface area contributed by atoms with E-state index in [2.05, 4.69) is 0 Å². The lowest BCUT2D eigenvalue weighted by Gasteiger charge is -2.32. The van der Waals surface area contributed by atoms with Gasteiger partial charge in [-0.3, -0.25) is 0 Å². The molecule has 0 saturated carbocycles. The lowest BCUT2D eigenvalue weighted by atomic mass is 10.1. The molecule has 2 heterocycles. The first-order valence-electron chi connectivity index (χ1n) is 8.92. The van der Waals surface area contributed by atoms with Crippen molar-refractivity contribution < 1.29 is 32.5 Å². The van der Waals surface area contributed by atoms with E-state index in [4.69, 9.17) is 25.8 Å². The molecule has 8 nitrogen and oxygen atoms in total. The summed E-state index contributed by atoms with van der Waals surface area (Å²) in [6, 6.07) is 10.1. The van der Waals surface area contributed by atoms with Gasteiger partial charge in [0.15, 0.2) is 23.0 Å². The second kappa shape index (κ2) is 6.82. The van der Waals surface area contributed by atoms with Crippen LogP contribution in [0.3, 0.4) is 0 Å². The SMILES string of the molecule is CC(C)(C)OC(=O)C1=C(O)c2ccccc2S(=O)(=O)N1c1ccc2c(c1)OC(Cl)O2. The summed E-state index contributed by atoms with van der Waals surface area (Å²) < 4.78 is 43.6. The van der Waals surface area contributed by atoms with Crippen LogP contribution in [-0.4, -0.2) is 30.8 Å². The second-order valence-corrected chi connectivity index (χ2v) is 9.72. The predicted molar refractivity (Wildman–Crippen MR) is 109 cm³/mol. The van der Waals surface area contributed by atoms with E-state index in [-0.39, 0.29) is 21.9 Å². The molecule has 2 aromatic rings. The monoisotopic (exact) mass is 451 g/mol. The lowest BCUT2D eigenvalue weighted by molar-refractivity contribution is -0.149. The smallest absolute Gasteiger partial charge is 0.360 e. The molecular formula is C20H18ClNO7S. The van der Waals surface area contributed by atoms with Gasteiger partial charge in [-0.15, -0.1) is 0 Å². The summed E-state index contributed by atoms with van der Waals surface area (Å²) in [6.07, 6.45) is 0. The van der Waals surface area contributed by atoms with Crippen LogP contribution in [-0.2, 0) is 19.6 Å². The number of carbonyl (C=O) groups excluding carboxylic acids is 1. The standard InChI is InChI=1S/C20H18ClNO7S/c1-20(2,3)29-18(24)16-17(23)12-6-4-5-7-15(12)30(25,26)22(16)11-8-9-13-14(10-11)28-19(21)27-13/h4-10,19,23H,1-3H3. The number of hydrogen-bond acceptors (Lipinski definition) is 7. The largest absolute Gasteiger partial charge is 0.505 e. The molecule has 1 atom stereocenters. The van der Waals surface area contributed by atoms with E-state index < -0.39 is 38.8 Å². The van der Waals surface area contributed by atoms with Crippen LogP contribution in [0.15, 0.2) is 53.1 Å². The van der Waals surface area contributed by atoms with Crippen LogP contribution >= 0.6 is 11.6 Å². The molecule has 0 aliphatic carbocycles. The number of anilines is 1. The van der Waals surface area contributed by atoms with Crippen molar-refractivity contribution >= 4 is 39.0 Å². The summed E-state index contributed by atoms with van der Waals surface area (Å²) in [4.78, 5) is 12.8. The Bertz CT molecular complexity index is 1180. The highest BCUT2D eigenvalue weighted by molar-refractivity contribution is 7.93. The maximum Gasteiger partial charge on any atom is 0.360 e. The first-order valence-corrected chi connectivity index (χ1v) is 10.8. The summed E-state index contributed by atoms with van der Waals surface area (Å²) in [7, 11) is -4.26. The van der Waals surface area contributed by atoms with E-state index in [0.717, 1.165) is 4.31 Å². The summed E-state index contributed by atoms with van der Waals surface area (Å²) in [5.41, 5.74) is -1.39. The van der Waals surface area contributed by atoms with Gasteiger partial charge in [0.2, 0.25) is 0 Å². The van der Waals surface area contributed by atoms with Crippen LogP contribution in [0.5, 0.6) is 11.5 Å². The van der Waals surface area contributed by atoms with Crippen LogP contribution in [0.1, 0.15) is 26.3 Å². The summed E-state index contributed by atoms with van der Waals surface area (Å²) in [6.45, 7) is 4.91. The van der Waals surface area contributed by atoms with Crippen LogP contribution in [0.4, 0.5) is 5.69 Å². The summed E-state index contributed by atoms with van der Waals surface area (Å²) >= 11 is 5.81. The third-order valence-corrected chi connectivity index (χ3v) is 6.25. The van der Waals surface area contributed by atoms with Gasteiger partial charge in [-0.05, 0) is 56.6 Å². The number of esters is 1. The number of fused-ring (bicyclic) bond motifs is 2. The molecule has 0 bridgehead atoms. The number of halogens is 1. The van der Waals surface area contributed by atoms with E-state index in [9.17, 15) is 18.3 Å². The Labute approximate surface area is 178 Å². The van der Waals surface area contributed by atoms with E-state index in [1.54, 1.807) is 26.8 Å². The van der Waals surface area contributed by atoms with Crippen molar-refractivity contribution in [1.82, 2.24) is 0 Å². The van der Waals surface area contributed by atoms with Crippen molar-refractivity contribution in [2.24, 2.45) is 0 Å². The van der Waals surface area contributed by atoms with Crippen LogP contribution in [0, 0.1) is 0 Å². The van der Waals surface area contributed by atoms with Crippen molar-refractivity contribution in [1.29, 1.82) is 0 Å².